The molecule has 21 heavy (non-hydrogen) atoms. The highest BCUT2D eigenvalue weighted by Gasteiger charge is 2.42. The molecule has 0 aliphatic rings. The van der Waals surface area contributed by atoms with Crippen LogP contribution in [-0.2, 0) is 17.5 Å². The second kappa shape index (κ2) is 6.54. The molecule has 1 aromatic heterocycles. The summed E-state index contributed by atoms with van der Waals surface area (Å²) in [6, 6.07) is 0. The number of halogens is 6. The highest BCUT2D eigenvalue weighted by Crippen LogP contribution is 2.33. The molecule has 0 saturated heterocycles. The topological polar surface area (TPSA) is 57.0 Å². The minimum absolute atomic E-state index is 0.174. The molecule has 1 rings (SSSR count). The molecule has 0 saturated carbocycles. The minimum atomic E-state index is -4.99. The van der Waals surface area contributed by atoms with Gasteiger partial charge in [-0.3, -0.25) is 0 Å². The number of alkyl halides is 6. The quantitative estimate of drug-likeness (QED) is 0.611. The maximum absolute atomic E-state index is 12.9. The van der Waals surface area contributed by atoms with Gasteiger partial charge >= 0.3 is 17.7 Å². The van der Waals surface area contributed by atoms with Crippen molar-refractivity contribution in [1.82, 2.24) is 15.0 Å². The van der Waals surface area contributed by atoms with Crippen LogP contribution in [0.4, 0.5) is 26.3 Å². The van der Waals surface area contributed by atoms with Crippen molar-refractivity contribution in [2.45, 2.75) is 25.2 Å². The SMILES string of the molecule is CCOC(=O)c1nnn(CCSC(F)(F)F)c1C(F)(F)F. The summed E-state index contributed by atoms with van der Waals surface area (Å²) in [6.45, 7) is 0.508. The van der Waals surface area contributed by atoms with Gasteiger partial charge in [0, 0.05) is 5.75 Å². The van der Waals surface area contributed by atoms with Crippen LogP contribution in [-0.4, -0.2) is 38.8 Å². The van der Waals surface area contributed by atoms with Gasteiger partial charge < -0.3 is 4.74 Å². The predicted molar refractivity (Wildman–Crippen MR) is 59.5 cm³/mol. The molecule has 0 atom stereocenters. The Labute approximate surface area is 118 Å². The normalized spacial score (nSPS) is 12.5. The van der Waals surface area contributed by atoms with E-state index in [1.165, 1.54) is 6.92 Å². The van der Waals surface area contributed by atoms with Crippen LogP contribution in [0.1, 0.15) is 23.1 Å². The fraction of sp³-hybridized carbons (Fsp3) is 0.667. The number of carbonyl (C=O) groups excluding carboxylic acids is 1. The van der Waals surface area contributed by atoms with Crippen molar-refractivity contribution in [3.8, 4) is 0 Å². The molecule has 12 heteroatoms. The van der Waals surface area contributed by atoms with Gasteiger partial charge in [0.2, 0.25) is 5.69 Å². The second-order valence-electron chi connectivity index (χ2n) is 3.52. The van der Waals surface area contributed by atoms with Crippen LogP contribution in [0.3, 0.4) is 0 Å². The molecule has 0 amide bonds. The third-order valence-electron chi connectivity index (χ3n) is 2.04. The second-order valence-corrected chi connectivity index (χ2v) is 4.68. The number of carbonyl (C=O) groups is 1. The Kier molecular flexibility index (Phi) is 5.48. The van der Waals surface area contributed by atoms with E-state index in [1.54, 1.807) is 0 Å². The summed E-state index contributed by atoms with van der Waals surface area (Å²) in [7, 11) is 0. The largest absolute Gasteiger partial charge is 0.461 e. The zero-order chi connectivity index (χ0) is 16.3. The first-order valence-electron chi connectivity index (χ1n) is 5.44. The molecule has 120 valence electrons. The van der Waals surface area contributed by atoms with Gasteiger partial charge in [0.25, 0.3) is 0 Å². The molecule has 0 spiro atoms. The fourth-order valence-electron chi connectivity index (χ4n) is 1.33. The maximum Gasteiger partial charge on any atom is 0.441 e. The third-order valence-corrected chi connectivity index (χ3v) is 2.76. The molecule has 0 aliphatic heterocycles. The van der Waals surface area contributed by atoms with Gasteiger partial charge in [0.05, 0.1) is 13.2 Å². The van der Waals surface area contributed by atoms with Crippen LogP contribution in [0.15, 0.2) is 0 Å². The van der Waals surface area contributed by atoms with Gasteiger partial charge in [-0.2, -0.15) is 26.3 Å². The minimum Gasteiger partial charge on any atom is -0.461 e. The molecule has 0 unspecified atom stereocenters. The van der Waals surface area contributed by atoms with Gasteiger partial charge in [-0.1, -0.05) is 5.21 Å². The Hall–Kier alpha value is -1.46. The first-order chi connectivity index (χ1) is 9.56. The maximum atomic E-state index is 12.9. The molecule has 0 aliphatic carbocycles. The lowest BCUT2D eigenvalue weighted by Crippen LogP contribution is -2.20. The Balaban J connectivity index is 2.97. The van der Waals surface area contributed by atoms with Crippen molar-refractivity contribution in [2.24, 2.45) is 0 Å². The van der Waals surface area contributed by atoms with Crippen LogP contribution >= 0.6 is 11.8 Å². The van der Waals surface area contributed by atoms with Crippen molar-refractivity contribution in [3.63, 3.8) is 0 Å². The molecule has 0 bridgehead atoms. The van der Waals surface area contributed by atoms with Crippen LogP contribution in [0, 0.1) is 0 Å². The highest BCUT2D eigenvalue weighted by molar-refractivity contribution is 8.00. The number of aryl methyl sites for hydroxylation is 1. The average Bonchev–Trinajstić information content (AvgIpc) is 2.71. The Morgan fingerprint density at radius 1 is 1.29 bits per heavy atom. The van der Waals surface area contributed by atoms with Gasteiger partial charge in [0.15, 0.2) is 5.69 Å². The molecule has 1 aromatic rings. The van der Waals surface area contributed by atoms with Crippen molar-refractivity contribution in [2.75, 3.05) is 12.4 Å². The number of nitrogens with zero attached hydrogens (tertiary/aromatic N) is 3. The van der Waals surface area contributed by atoms with E-state index < -0.39 is 53.1 Å². The van der Waals surface area contributed by atoms with Gasteiger partial charge in [-0.05, 0) is 18.7 Å². The van der Waals surface area contributed by atoms with E-state index in [4.69, 9.17) is 0 Å². The number of rotatable bonds is 5. The molecule has 0 radical (unpaired) electrons. The monoisotopic (exact) mass is 337 g/mol. The van der Waals surface area contributed by atoms with E-state index in [2.05, 4.69) is 15.0 Å². The summed E-state index contributed by atoms with van der Waals surface area (Å²) >= 11 is -0.496. The van der Waals surface area contributed by atoms with Gasteiger partial charge in [-0.15, -0.1) is 5.10 Å². The van der Waals surface area contributed by atoms with E-state index in [9.17, 15) is 31.1 Å². The summed E-state index contributed by atoms with van der Waals surface area (Å²) < 4.78 is 79.1. The standard InChI is InChI=1S/C9H9F6N3O2S/c1-2-20-7(19)5-6(8(10,11)12)18(17-16-5)3-4-21-9(13,14)15/h2-4H2,1H3. The van der Waals surface area contributed by atoms with E-state index in [0.717, 1.165) is 0 Å². The zero-order valence-electron chi connectivity index (χ0n) is 10.5. The number of esters is 1. The Bertz CT molecular complexity index is 499. The van der Waals surface area contributed by atoms with Crippen molar-refractivity contribution >= 4 is 17.7 Å². The fourth-order valence-corrected chi connectivity index (χ4v) is 1.83. The number of aromatic nitrogens is 3. The predicted octanol–water partition coefficient (Wildman–Crippen LogP) is 2.73. The summed E-state index contributed by atoms with van der Waals surface area (Å²) in [5, 5.41) is 6.11. The summed E-state index contributed by atoms with van der Waals surface area (Å²) in [4.78, 5) is 11.3. The molecule has 0 N–H and O–H groups in total. The lowest BCUT2D eigenvalue weighted by atomic mass is 10.3. The van der Waals surface area contributed by atoms with Crippen LogP contribution in [0.5, 0.6) is 0 Å². The summed E-state index contributed by atoms with van der Waals surface area (Å²) in [5.74, 6) is -2.03. The van der Waals surface area contributed by atoms with Crippen LogP contribution in [0.2, 0.25) is 0 Å². The molecular formula is C9H9F6N3O2S. The number of hydrogen-bond donors (Lipinski definition) is 0. The molecule has 0 fully saturated rings. The van der Waals surface area contributed by atoms with Crippen LogP contribution in [0.25, 0.3) is 0 Å². The molecular weight excluding hydrogens is 328 g/mol. The summed E-state index contributed by atoms with van der Waals surface area (Å²) in [5.41, 5.74) is -7.16. The van der Waals surface area contributed by atoms with E-state index in [1.807, 2.05) is 0 Å². The first-order valence-corrected chi connectivity index (χ1v) is 6.43. The summed E-state index contributed by atoms with van der Waals surface area (Å²) in [6.07, 6.45) is -4.99. The lowest BCUT2D eigenvalue weighted by Gasteiger charge is -2.11. The lowest BCUT2D eigenvalue weighted by molar-refractivity contribution is -0.144. The van der Waals surface area contributed by atoms with Gasteiger partial charge in [0.1, 0.15) is 0 Å². The highest BCUT2D eigenvalue weighted by atomic mass is 32.2. The average molecular weight is 337 g/mol. The Morgan fingerprint density at radius 2 is 1.90 bits per heavy atom. The number of ether oxygens (including phenoxy) is 1. The van der Waals surface area contributed by atoms with Crippen molar-refractivity contribution in [1.29, 1.82) is 0 Å². The van der Waals surface area contributed by atoms with E-state index in [-0.39, 0.29) is 11.3 Å². The van der Waals surface area contributed by atoms with Crippen molar-refractivity contribution < 1.29 is 35.9 Å². The third kappa shape index (κ3) is 5.10. The number of hydrogen-bond acceptors (Lipinski definition) is 5. The Morgan fingerprint density at radius 3 is 2.38 bits per heavy atom. The molecule has 0 aromatic carbocycles. The molecule has 1 heterocycles. The molecule has 5 nitrogen and oxygen atoms in total. The van der Waals surface area contributed by atoms with Crippen LogP contribution < -0.4 is 0 Å². The first kappa shape index (κ1) is 17.6. The number of thioether (sulfide) groups is 1. The van der Waals surface area contributed by atoms with E-state index >= 15 is 0 Å². The zero-order valence-corrected chi connectivity index (χ0v) is 11.3. The van der Waals surface area contributed by atoms with E-state index in [0.29, 0.717) is 0 Å². The van der Waals surface area contributed by atoms with Crippen molar-refractivity contribution in [3.05, 3.63) is 11.4 Å². The smallest absolute Gasteiger partial charge is 0.441 e. The van der Waals surface area contributed by atoms with Gasteiger partial charge in [-0.25, -0.2) is 9.48 Å².